The van der Waals surface area contributed by atoms with E-state index in [1.165, 1.54) is 18.3 Å². The number of carbonyl (C=O) groups excluding carboxylic acids is 1. The number of nitrogens with zero attached hydrogens (tertiary/aromatic N) is 1. The van der Waals surface area contributed by atoms with Crippen LogP contribution in [0.15, 0.2) is 36.5 Å². The van der Waals surface area contributed by atoms with Gasteiger partial charge in [-0.25, -0.2) is 14.2 Å². The fourth-order valence-electron chi connectivity index (χ4n) is 1.62. The summed E-state index contributed by atoms with van der Waals surface area (Å²) in [6, 6.07) is 6.99. The molecule has 0 radical (unpaired) electrons. The lowest BCUT2D eigenvalue weighted by Gasteiger charge is -2.12. The second-order valence-electron chi connectivity index (χ2n) is 4.18. The van der Waals surface area contributed by atoms with E-state index < -0.39 is 11.8 Å². The average Bonchev–Trinajstić information content (AvgIpc) is 2.49. The summed E-state index contributed by atoms with van der Waals surface area (Å²) < 4.78 is 28.6. The third-order valence-electron chi connectivity index (χ3n) is 2.56. The van der Waals surface area contributed by atoms with Gasteiger partial charge in [0.25, 0.3) is 5.88 Å². The zero-order chi connectivity index (χ0) is 15.9. The maximum Gasteiger partial charge on any atom is 0.344 e. The Morgan fingerprint density at radius 3 is 2.86 bits per heavy atom. The van der Waals surface area contributed by atoms with Crippen LogP contribution >= 0.6 is 0 Å². The first-order valence-corrected chi connectivity index (χ1v) is 6.56. The lowest BCUT2D eigenvalue weighted by atomic mass is 10.3. The van der Waals surface area contributed by atoms with Gasteiger partial charge in [0.1, 0.15) is 5.82 Å². The molecule has 0 atom stereocenters. The van der Waals surface area contributed by atoms with Gasteiger partial charge in [0.2, 0.25) is 0 Å². The number of ether oxygens (including phenoxy) is 3. The number of benzene rings is 1. The molecule has 0 aliphatic carbocycles. The Kier molecular flexibility index (Phi) is 5.13. The van der Waals surface area contributed by atoms with E-state index in [0.717, 1.165) is 6.07 Å². The Hall–Kier alpha value is -2.83. The van der Waals surface area contributed by atoms with Crippen LogP contribution in [0, 0.1) is 5.82 Å². The van der Waals surface area contributed by atoms with Gasteiger partial charge in [-0.15, -0.1) is 0 Å². The molecule has 0 aliphatic heterocycles. The number of pyridine rings is 1. The van der Waals surface area contributed by atoms with Gasteiger partial charge in [0, 0.05) is 12.3 Å². The Bertz CT molecular complexity index is 664. The topological polar surface area (TPSA) is 83.7 Å². The molecular weight excluding hydrogens is 291 g/mol. The summed E-state index contributed by atoms with van der Waals surface area (Å²) in [6.07, 6.45) is 1.49. The Morgan fingerprint density at radius 1 is 1.32 bits per heavy atom. The summed E-state index contributed by atoms with van der Waals surface area (Å²) in [5.74, 6) is -0.352. The van der Waals surface area contributed by atoms with Crippen LogP contribution in [0.3, 0.4) is 0 Å². The van der Waals surface area contributed by atoms with Crippen LogP contribution < -0.4 is 15.2 Å². The molecule has 0 aliphatic rings. The molecule has 2 N–H and O–H groups in total. The molecule has 0 amide bonds. The lowest BCUT2D eigenvalue weighted by molar-refractivity contribution is -0.145. The van der Waals surface area contributed by atoms with E-state index in [9.17, 15) is 9.18 Å². The number of hydrogen-bond acceptors (Lipinski definition) is 6. The van der Waals surface area contributed by atoms with Crippen LogP contribution in [0.4, 0.5) is 10.1 Å². The molecule has 0 unspecified atom stereocenters. The summed E-state index contributed by atoms with van der Waals surface area (Å²) >= 11 is 0. The molecule has 1 aromatic heterocycles. The third kappa shape index (κ3) is 4.08. The SMILES string of the molecule is CCOC(=O)COc1ncccc1Oc1ccc(F)cc1N. The smallest absolute Gasteiger partial charge is 0.344 e. The predicted octanol–water partition coefficient (Wildman–Crippen LogP) is 2.54. The van der Waals surface area contributed by atoms with Gasteiger partial charge >= 0.3 is 5.97 Å². The number of nitrogens with two attached hydrogens (primary N) is 1. The normalized spacial score (nSPS) is 10.1. The fraction of sp³-hybridized carbons (Fsp3) is 0.200. The average molecular weight is 306 g/mol. The highest BCUT2D eigenvalue weighted by Crippen LogP contribution is 2.32. The first kappa shape index (κ1) is 15.6. The number of halogens is 1. The zero-order valence-electron chi connectivity index (χ0n) is 11.9. The van der Waals surface area contributed by atoms with Crippen molar-refractivity contribution in [2.75, 3.05) is 18.9 Å². The van der Waals surface area contributed by atoms with E-state index in [-0.39, 0.29) is 36.3 Å². The van der Waals surface area contributed by atoms with Crippen molar-refractivity contribution in [1.29, 1.82) is 0 Å². The number of hydrogen-bond donors (Lipinski definition) is 1. The highest BCUT2D eigenvalue weighted by Gasteiger charge is 2.12. The molecule has 6 nitrogen and oxygen atoms in total. The van der Waals surface area contributed by atoms with Crippen LogP contribution in [0.2, 0.25) is 0 Å². The predicted molar refractivity (Wildman–Crippen MR) is 77.3 cm³/mol. The maximum absolute atomic E-state index is 13.0. The highest BCUT2D eigenvalue weighted by molar-refractivity contribution is 5.71. The summed E-state index contributed by atoms with van der Waals surface area (Å²) in [7, 11) is 0. The van der Waals surface area contributed by atoms with E-state index in [4.69, 9.17) is 19.9 Å². The molecule has 1 aromatic carbocycles. The van der Waals surface area contributed by atoms with Crippen molar-refractivity contribution >= 4 is 11.7 Å². The Labute approximate surface area is 126 Å². The second kappa shape index (κ2) is 7.26. The number of nitrogen functional groups attached to an aromatic ring is 1. The van der Waals surface area contributed by atoms with Crippen molar-refractivity contribution in [3.05, 3.63) is 42.3 Å². The van der Waals surface area contributed by atoms with Crippen LogP contribution in [0.25, 0.3) is 0 Å². The Morgan fingerprint density at radius 2 is 2.14 bits per heavy atom. The molecular formula is C15H15FN2O4. The van der Waals surface area contributed by atoms with Gasteiger partial charge in [0.05, 0.1) is 12.3 Å². The van der Waals surface area contributed by atoms with Gasteiger partial charge in [-0.3, -0.25) is 0 Å². The van der Waals surface area contributed by atoms with E-state index in [0.29, 0.717) is 0 Å². The summed E-state index contributed by atoms with van der Waals surface area (Å²) in [6.45, 7) is 1.67. The van der Waals surface area contributed by atoms with Crippen LogP contribution in [-0.4, -0.2) is 24.2 Å². The number of aromatic nitrogens is 1. The molecule has 22 heavy (non-hydrogen) atoms. The summed E-state index contributed by atoms with van der Waals surface area (Å²) in [5.41, 5.74) is 5.82. The minimum Gasteiger partial charge on any atom is -0.463 e. The molecule has 0 spiro atoms. The first-order valence-electron chi connectivity index (χ1n) is 6.56. The molecule has 0 bridgehead atoms. The molecule has 0 saturated heterocycles. The van der Waals surface area contributed by atoms with E-state index in [2.05, 4.69) is 4.98 Å². The van der Waals surface area contributed by atoms with Crippen molar-refractivity contribution in [2.24, 2.45) is 0 Å². The van der Waals surface area contributed by atoms with Gasteiger partial charge in [-0.2, -0.15) is 0 Å². The van der Waals surface area contributed by atoms with Gasteiger partial charge in [-0.05, 0) is 31.2 Å². The van der Waals surface area contributed by atoms with E-state index >= 15 is 0 Å². The van der Waals surface area contributed by atoms with Crippen LogP contribution in [-0.2, 0) is 9.53 Å². The lowest BCUT2D eigenvalue weighted by Crippen LogP contribution is -2.15. The number of rotatable bonds is 6. The standard InChI is InChI=1S/C15H15FN2O4/c1-2-20-14(19)9-21-15-13(4-3-7-18-15)22-12-6-5-10(16)8-11(12)17/h3-8H,2,9,17H2,1H3. The number of carbonyl (C=O) groups is 1. The molecule has 116 valence electrons. The van der Waals surface area contributed by atoms with Crippen molar-refractivity contribution in [2.45, 2.75) is 6.92 Å². The quantitative estimate of drug-likeness (QED) is 0.652. The van der Waals surface area contributed by atoms with Crippen LogP contribution in [0.5, 0.6) is 17.4 Å². The van der Waals surface area contributed by atoms with E-state index in [1.807, 2.05) is 0 Å². The second-order valence-corrected chi connectivity index (χ2v) is 4.18. The molecule has 2 aromatic rings. The van der Waals surface area contributed by atoms with E-state index in [1.54, 1.807) is 19.1 Å². The molecule has 0 fully saturated rings. The van der Waals surface area contributed by atoms with Gasteiger partial charge in [-0.1, -0.05) is 0 Å². The monoisotopic (exact) mass is 306 g/mol. The van der Waals surface area contributed by atoms with Gasteiger partial charge in [0.15, 0.2) is 18.1 Å². The van der Waals surface area contributed by atoms with Crippen LogP contribution in [0.1, 0.15) is 6.92 Å². The van der Waals surface area contributed by atoms with Crippen molar-refractivity contribution in [1.82, 2.24) is 4.98 Å². The van der Waals surface area contributed by atoms with Crippen molar-refractivity contribution in [3.8, 4) is 17.4 Å². The largest absolute Gasteiger partial charge is 0.463 e. The molecule has 7 heteroatoms. The first-order chi connectivity index (χ1) is 10.6. The molecule has 0 saturated carbocycles. The van der Waals surface area contributed by atoms with Crippen molar-refractivity contribution in [3.63, 3.8) is 0 Å². The minimum atomic E-state index is -0.514. The summed E-state index contributed by atoms with van der Waals surface area (Å²) in [4.78, 5) is 15.3. The third-order valence-corrected chi connectivity index (χ3v) is 2.56. The maximum atomic E-state index is 13.0. The number of esters is 1. The van der Waals surface area contributed by atoms with Gasteiger partial charge < -0.3 is 19.9 Å². The highest BCUT2D eigenvalue weighted by atomic mass is 19.1. The Balaban J connectivity index is 2.12. The number of anilines is 1. The summed E-state index contributed by atoms with van der Waals surface area (Å²) in [5, 5.41) is 0. The fourth-order valence-corrected chi connectivity index (χ4v) is 1.62. The molecule has 2 rings (SSSR count). The van der Waals surface area contributed by atoms with Crippen molar-refractivity contribution < 1.29 is 23.4 Å². The molecule has 1 heterocycles. The minimum absolute atomic E-state index is 0.110. The zero-order valence-corrected chi connectivity index (χ0v) is 11.9.